The normalized spacial score (nSPS) is 20.4. The third-order valence-corrected chi connectivity index (χ3v) is 11.6. The zero-order valence-electron chi connectivity index (χ0n) is 31.4. The van der Waals surface area contributed by atoms with E-state index in [0.717, 1.165) is 89.4 Å². The van der Waals surface area contributed by atoms with Crippen LogP contribution in [0.2, 0.25) is 0 Å². The molecule has 5 heterocycles. The maximum Gasteiger partial charge on any atom is 0.407 e. The fourth-order valence-electron chi connectivity index (χ4n) is 8.73. The number of aromatic nitrogens is 4. The van der Waals surface area contributed by atoms with Gasteiger partial charge in [-0.05, 0) is 80.4 Å². The van der Waals surface area contributed by atoms with E-state index in [0.29, 0.717) is 19.6 Å². The highest BCUT2D eigenvalue weighted by Gasteiger charge is 2.38. The van der Waals surface area contributed by atoms with Crippen LogP contribution in [-0.4, -0.2) is 102 Å². The lowest BCUT2D eigenvalue weighted by Gasteiger charge is -2.31. The number of benzene rings is 3. The van der Waals surface area contributed by atoms with Gasteiger partial charge < -0.3 is 29.8 Å². The van der Waals surface area contributed by atoms with Crippen molar-refractivity contribution in [3.05, 3.63) is 108 Å². The molecule has 0 radical (unpaired) electrons. The molecule has 55 heavy (non-hydrogen) atoms. The summed E-state index contributed by atoms with van der Waals surface area (Å²) >= 11 is 0. The second-order valence-electron chi connectivity index (χ2n) is 15.2. The average molecular weight is 741 g/mol. The quantitative estimate of drug-likeness (QED) is 0.137. The molecule has 0 aliphatic carbocycles. The van der Waals surface area contributed by atoms with Crippen LogP contribution in [0.25, 0.3) is 33.6 Å². The minimum Gasteiger partial charge on any atom is -0.465 e. The largest absolute Gasteiger partial charge is 0.465 e. The summed E-state index contributed by atoms with van der Waals surface area (Å²) in [7, 11) is 3.90. The van der Waals surface area contributed by atoms with Gasteiger partial charge in [0.15, 0.2) is 0 Å². The summed E-state index contributed by atoms with van der Waals surface area (Å²) in [5.41, 5.74) is 7.00. The van der Waals surface area contributed by atoms with Gasteiger partial charge in [-0.2, -0.15) is 0 Å². The standard InChI is InChI=1S/C43H48N8O4/c1-48(2)39(32-9-4-3-5-10-32)42(53)51-24-8-13-37(51)41-45-27-35(47-41)31-20-16-29(17-21-31)28-14-18-30(19-15-28)34-26-44-40(46-34)36-12-7-23-50(36)38(52)25-33-11-6-22-49(33)43(54)55/h3-5,9-10,14-21,26-27,33,36-37,39H,6-8,11-13,22-25H2,1-2H3,(H,44,46)(H,45,47)(H,54,55)/t33-,36-,37-,39+/m0/s1. The molecule has 3 fully saturated rings. The Hall–Kier alpha value is -5.75. The number of nitrogens with zero attached hydrogens (tertiary/aromatic N) is 6. The van der Waals surface area contributed by atoms with Crippen molar-refractivity contribution in [1.29, 1.82) is 0 Å². The zero-order chi connectivity index (χ0) is 38.1. The summed E-state index contributed by atoms with van der Waals surface area (Å²) < 4.78 is 0. The highest BCUT2D eigenvalue weighted by molar-refractivity contribution is 5.84. The number of likely N-dealkylation sites (N-methyl/N-ethyl adjacent to an activating group) is 1. The zero-order valence-corrected chi connectivity index (χ0v) is 31.4. The van der Waals surface area contributed by atoms with Crippen LogP contribution in [0, 0.1) is 0 Å². The van der Waals surface area contributed by atoms with Crippen LogP contribution < -0.4 is 0 Å². The summed E-state index contributed by atoms with van der Waals surface area (Å²) in [6.45, 7) is 1.86. The van der Waals surface area contributed by atoms with Crippen LogP contribution in [0.5, 0.6) is 0 Å². The minimum absolute atomic E-state index is 0.00766. The van der Waals surface area contributed by atoms with Crippen molar-refractivity contribution < 1.29 is 19.5 Å². The predicted octanol–water partition coefficient (Wildman–Crippen LogP) is 7.30. The Labute approximate surface area is 321 Å². The molecule has 5 aromatic rings. The van der Waals surface area contributed by atoms with Gasteiger partial charge in [0.1, 0.15) is 17.7 Å². The maximum absolute atomic E-state index is 13.9. The molecule has 3 N–H and O–H groups in total. The van der Waals surface area contributed by atoms with Crippen molar-refractivity contribution in [3.8, 4) is 33.6 Å². The summed E-state index contributed by atoms with van der Waals surface area (Å²) in [4.78, 5) is 62.5. The number of aromatic amines is 2. The molecule has 2 aromatic heterocycles. The van der Waals surface area contributed by atoms with Crippen LogP contribution in [0.1, 0.15) is 80.3 Å². The number of hydrogen-bond acceptors (Lipinski definition) is 6. The molecule has 4 atom stereocenters. The fraction of sp³-hybridized carbons (Fsp3) is 0.372. The highest BCUT2D eigenvalue weighted by Crippen LogP contribution is 2.36. The predicted molar refractivity (Wildman–Crippen MR) is 210 cm³/mol. The van der Waals surface area contributed by atoms with Gasteiger partial charge in [-0.1, -0.05) is 78.9 Å². The van der Waals surface area contributed by atoms with Crippen molar-refractivity contribution in [3.63, 3.8) is 0 Å². The Bertz CT molecular complexity index is 2130. The summed E-state index contributed by atoms with van der Waals surface area (Å²) in [6.07, 6.45) is 8.01. The van der Waals surface area contributed by atoms with Gasteiger partial charge in [0, 0.05) is 32.1 Å². The van der Waals surface area contributed by atoms with Gasteiger partial charge in [0.2, 0.25) is 11.8 Å². The van der Waals surface area contributed by atoms with Crippen LogP contribution in [0.4, 0.5) is 4.79 Å². The summed E-state index contributed by atoms with van der Waals surface area (Å²) in [5, 5.41) is 9.51. The van der Waals surface area contributed by atoms with Gasteiger partial charge in [0.05, 0.1) is 35.9 Å². The number of imidazole rings is 2. The molecule has 0 saturated carbocycles. The van der Waals surface area contributed by atoms with Crippen LogP contribution in [0.3, 0.4) is 0 Å². The first-order valence-corrected chi connectivity index (χ1v) is 19.4. The van der Waals surface area contributed by atoms with Crippen LogP contribution in [-0.2, 0) is 9.59 Å². The number of likely N-dealkylation sites (tertiary alicyclic amines) is 3. The van der Waals surface area contributed by atoms with Crippen molar-refractivity contribution >= 4 is 17.9 Å². The van der Waals surface area contributed by atoms with Crippen molar-refractivity contribution in [2.45, 2.75) is 69.1 Å². The Morgan fingerprint density at radius 3 is 1.73 bits per heavy atom. The minimum atomic E-state index is -0.949. The number of carbonyl (C=O) groups excluding carboxylic acids is 2. The van der Waals surface area contributed by atoms with E-state index in [1.54, 1.807) is 0 Å². The second kappa shape index (κ2) is 15.5. The number of rotatable bonds is 10. The summed E-state index contributed by atoms with van der Waals surface area (Å²) in [5.74, 6) is 1.67. The van der Waals surface area contributed by atoms with Gasteiger partial charge in [-0.25, -0.2) is 14.8 Å². The lowest BCUT2D eigenvalue weighted by molar-refractivity contribution is -0.137. The molecular weight excluding hydrogens is 693 g/mol. The number of nitrogens with one attached hydrogen (secondary N) is 2. The molecule has 284 valence electrons. The van der Waals surface area contributed by atoms with Crippen LogP contribution in [0.15, 0.2) is 91.3 Å². The van der Waals surface area contributed by atoms with E-state index in [1.807, 2.05) is 71.5 Å². The van der Waals surface area contributed by atoms with Crippen molar-refractivity contribution in [1.82, 2.24) is 39.5 Å². The molecule has 12 nitrogen and oxygen atoms in total. The van der Waals surface area contributed by atoms with E-state index in [9.17, 15) is 19.5 Å². The maximum atomic E-state index is 13.9. The van der Waals surface area contributed by atoms with Crippen LogP contribution >= 0.6 is 0 Å². The SMILES string of the molecule is CN(C)[C@@H](C(=O)N1CCC[C@H]1c1ncc(-c2ccc(-c3ccc(-c4cnc([C@@H]5CCCN5C(=O)C[C@@H]5CCCN5C(=O)O)[nH]4)cc3)cc2)[nH]1)c1ccccc1. The first-order valence-electron chi connectivity index (χ1n) is 19.4. The lowest BCUT2D eigenvalue weighted by Crippen LogP contribution is -2.40. The van der Waals surface area contributed by atoms with E-state index in [-0.39, 0.29) is 42.4 Å². The van der Waals surface area contributed by atoms with Crippen molar-refractivity contribution in [2.24, 2.45) is 0 Å². The topological polar surface area (TPSA) is 142 Å². The molecule has 3 saturated heterocycles. The number of carbonyl (C=O) groups is 3. The fourth-order valence-corrected chi connectivity index (χ4v) is 8.73. The molecule has 0 bridgehead atoms. The molecule has 3 amide bonds. The van der Waals surface area contributed by atoms with E-state index >= 15 is 0 Å². The molecule has 3 aliphatic heterocycles. The van der Waals surface area contributed by atoms with Gasteiger partial charge in [-0.15, -0.1) is 0 Å². The Morgan fingerprint density at radius 1 is 0.691 bits per heavy atom. The Morgan fingerprint density at radius 2 is 1.18 bits per heavy atom. The average Bonchev–Trinajstić information content (AvgIpc) is 4.04. The van der Waals surface area contributed by atoms with E-state index in [1.165, 1.54) is 4.90 Å². The monoisotopic (exact) mass is 740 g/mol. The van der Waals surface area contributed by atoms with Gasteiger partial charge in [0.25, 0.3) is 0 Å². The number of H-pyrrole nitrogens is 2. The lowest BCUT2D eigenvalue weighted by atomic mass is 10.0. The van der Waals surface area contributed by atoms with Gasteiger partial charge >= 0.3 is 6.09 Å². The molecular formula is C43H48N8O4. The third-order valence-electron chi connectivity index (χ3n) is 11.6. The first kappa shape index (κ1) is 36.2. The Balaban J connectivity index is 0.910. The first-order chi connectivity index (χ1) is 26.7. The molecule has 12 heteroatoms. The molecule has 8 rings (SSSR count). The van der Waals surface area contributed by atoms with Crippen molar-refractivity contribution in [2.75, 3.05) is 33.7 Å². The molecule has 3 aliphatic rings. The van der Waals surface area contributed by atoms with E-state index in [4.69, 9.17) is 4.98 Å². The number of carboxylic acid groups (broad SMARTS) is 1. The molecule has 0 spiro atoms. The molecule has 0 unspecified atom stereocenters. The summed E-state index contributed by atoms with van der Waals surface area (Å²) in [6, 6.07) is 25.9. The van der Waals surface area contributed by atoms with E-state index < -0.39 is 6.09 Å². The second-order valence-corrected chi connectivity index (χ2v) is 15.2. The smallest absolute Gasteiger partial charge is 0.407 e. The third kappa shape index (κ3) is 7.38. The number of hydrogen-bond donors (Lipinski definition) is 3. The Kier molecular flexibility index (Phi) is 10.2. The highest BCUT2D eigenvalue weighted by atomic mass is 16.4. The number of amides is 3. The van der Waals surface area contributed by atoms with E-state index in [2.05, 4.69) is 63.5 Å². The molecule has 3 aromatic carbocycles. The van der Waals surface area contributed by atoms with Gasteiger partial charge in [-0.3, -0.25) is 14.5 Å².